The van der Waals surface area contributed by atoms with E-state index in [1.807, 2.05) is 0 Å². The van der Waals surface area contributed by atoms with Crippen LogP contribution < -0.4 is 0 Å². The highest BCUT2D eigenvalue weighted by Crippen LogP contribution is 2.64. The first kappa shape index (κ1) is 14.0. The van der Waals surface area contributed by atoms with E-state index in [0.717, 1.165) is 0 Å². The van der Waals surface area contributed by atoms with Crippen LogP contribution >= 0.6 is 0 Å². The Morgan fingerprint density at radius 3 is 2.06 bits per heavy atom. The maximum Gasteiger partial charge on any atom is 0.414 e. The van der Waals surface area contributed by atoms with Crippen LogP contribution in [0.25, 0.3) is 0 Å². The Balaban J connectivity index is 2.23. The molecule has 0 saturated heterocycles. The molecule has 0 aromatic carbocycles. The summed E-state index contributed by atoms with van der Waals surface area (Å²) in [5.74, 6) is -0.906. The van der Waals surface area contributed by atoms with Crippen LogP contribution in [0.1, 0.15) is 32.1 Å². The summed E-state index contributed by atoms with van der Waals surface area (Å²) in [7, 11) is 0. The van der Waals surface area contributed by atoms with E-state index in [1.165, 1.54) is 0 Å². The molecule has 18 heavy (non-hydrogen) atoms. The highest BCUT2D eigenvalue weighted by atomic mass is 19.4. The molecule has 4 unspecified atom stereocenters. The molecule has 1 N–H and O–H groups in total. The molecule has 0 amide bonds. The minimum atomic E-state index is -4.99. The molecule has 2 saturated carbocycles. The summed E-state index contributed by atoms with van der Waals surface area (Å²) < 4.78 is 76.3. The van der Waals surface area contributed by atoms with Gasteiger partial charge in [0.25, 0.3) is 0 Å². The molecule has 2 bridgehead atoms. The number of aliphatic hydroxyl groups is 1. The fourth-order valence-electron chi connectivity index (χ4n) is 3.62. The smallest absolute Gasteiger partial charge is 0.384 e. The van der Waals surface area contributed by atoms with E-state index in [-0.39, 0.29) is 12.3 Å². The van der Waals surface area contributed by atoms with Gasteiger partial charge in [-0.3, -0.25) is 0 Å². The molecular formula is C11H14F6O. The zero-order valence-corrected chi connectivity index (χ0v) is 9.48. The van der Waals surface area contributed by atoms with Crippen molar-refractivity contribution >= 4 is 0 Å². The summed E-state index contributed by atoms with van der Waals surface area (Å²) in [6, 6.07) is 0. The zero-order valence-electron chi connectivity index (χ0n) is 9.48. The molecule has 1 nitrogen and oxygen atoms in total. The topological polar surface area (TPSA) is 20.2 Å². The first-order valence-corrected chi connectivity index (χ1v) is 5.88. The molecule has 2 fully saturated rings. The first-order valence-electron chi connectivity index (χ1n) is 5.88. The molecule has 0 heterocycles. The molecular weight excluding hydrogens is 262 g/mol. The van der Waals surface area contributed by atoms with Crippen molar-refractivity contribution in [3.05, 3.63) is 0 Å². The van der Waals surface area contributed by atoms with Crippen LogP contribution in [0.3, 0.4) is 0 Å². The largest absolute Gasteiger partial charge is 0.414 e. The van der Waals surface area contributed by atoms with Gasteiger partial charge < -0.3 is 5.11 Å². The van der Waals surface area contributed by atoms with Gasteiger partial charge in [-0.2, -0.15) is 26.3 Å². The van der Waals surface area contributed by atoms with Gasteiger partial charge in [0.1, 0.15) is 0 Å². The number of hydrogen-bond donors (Lipinski definition) is 1. The predicted molar refractivity (Wildman–Crippen MR) is 50.6 cm³/mol. The van der Waals surface area contributed by atoms with Crippen molar-refractivity contribution in [2.45, 2.75) is 50.6 Å². The minimum Gasteiger partial charge on any atom is -0.384 e. The Kier molecular flexibility index (Phi) is 3.11. The normalized spacial score (nSPS) is 38.2. The van der Waals surface area contributed by atoms with Gasteiger partial charge in [-0.25, -0.2) is 0 Å². The third-order valence-electron chi connectivity index (χ3n) is 4.48. The van der Waals surface area contributed by atoms with E-state index in [2.05, 4.69) is 0 Å². The fourth-order valence-corrected chi connectivity index (χ4v) is 3.62. The molecule has 2 aliphatic carbocycles. The van der Waals surface area contributed by atoms with Gasteiger partial charge in [-0.05, 0) is 37.5 Å². The number of alkyl halides is 6. The quantitative estimate of drug-likeness (QED) is 0.763. The van der Waals surface area contributed by atoms with Crippen LogP contribution in [0.4, 0.5) is 26.3 Å². The highest BCUT2D eigenvalue weighted by molar-refractivity contribution is 5.05. The summed E-state index contributed by atoms with van der Waals surface area (Å²) in [5.41, 5.74) is -2.34. The van der Waals surface area contributed by atoms with Crippen molar-refractivity contribution in [2.75, 3.05) is 0 Å². The van der Waals surface area contributed by atoms with Gasteiger partial charge in [-0.15, -0.1) is 0 Å². The van der Waals surface area contributed by atoms with Crippen LogP contribution in [0.15, 0.2) is 0 Å². The van der Waals surface area contributed by atoms with E-state index in [9.17, 15) is 26.3 Å². The van der Waals surface area contributed by atoms with Crippen molar-refractivity contribution in [3.63, 3.8) is 0 Å². The number of aliphatic hydroxyl groups excluding tert-OH is 1. The monoisotopic (exact) mass is 276 g/mol. The summed E-state index contributed by atoms with van der Waals surface area (Å²) in [4.78, 5) is 0. The van der Waals surface area contributed by atoms with Crippen molar-refractivity contribution in [1.82, 2.24) is 0 Å². The molecule has 0 aromatic rings. The molecule has 0 spiro atoms. The van der Waals surface area contributed by atoms with E-state index < -0.39 is 36.2 Å². The molecule has 2 rings (SSSR count). The Morgan fingerprint density at radius 2 is 1.72 bits per heavy atom. The molecule has 106 valence electrons. The van der Waals surface area contributed by atoms with E-state index in [1.54, 1.807) is 0 Å². The maximum absolute atomic E-state index is 13.1. The van der Waals surface area contributed by atoms with Gasteiger partial charge >= 0.3 is 12.4 Å². The SMILES string of the molecule is OC(CC1(C(F)(F)F)CC2CCC1C2)C(F)(F)F. The Hall–Kier alpha value is -0.460. The van der Waals surface area contributed by atoms with Gasteiger partial charge in [0.05, 0.1) is 5.41 Å². The van der Waals surface area contributed by atoms with Crippen molar-refractivity contribution in [1.29, 1.82) is 0 Å². The van der Waals surface area contributed by atoms with Crippen LogP contribution in [-0.2, 0) is 0 Å². The molecule has 0 aliphatic heterocycles. The van der Waals surface area contributed by atoms with Crippen LogP contribution in [-0.4, -0.2) is 23.6 Å². The average Bonchev–Trinajstić information content (AvgIpc) is 2.74. The van der Waals surface area contributed by atoms with Crippen LogP contribution in [0, 0.1) is 17.3 Å². The lowest BCUT2D eigenvalue weighted by atomic mass is 9.69. The lowest BCUT2D eigenvalue weighted by Gasteiger charge is -2.40. The van der Waals surface area contributed by atoms with Crippen LogP contribution in [0.5, 0.6) is 0 Å². The van der Waals surface area contributed by atoms with Gasteiger partial charge in [0.2, 0.25) is 0 Å². The first-order chi connectivity index (χ1) is 8.06. The van der Waals surface area contributed by atoms with Gasteiger partial charge in [0.15, 0.2) is 6.10 Å². The molecule has 0 aromatic heterocycles. The number of fused-ring (bicyclic) bond motifs is 2. The van der Waals surface area contributed by atoms with E-state index in [0.29, 0.717) is 19.3 Å². The third kappa shape index (κ3) is 2.10. The van der Waals surface area contributed by atoms with Crippen molar-refractivity contribution < 1.29 is 31.4 Å². The summed E-state index contributed by atoms with van der Waals surface area (Å²) in [6.07, 6.45) is -12.8. The Morgan fingerprint density at radius 1 is 1.11 bits per heavy atom. The van der Waals surface area contributed by atoms with Gasteiger partial charge in [-0.1, -0.05) is 6.42 Å². The predicted octanol–water partition coefficient (Wildman–Crippen LogP) is 3.67. The second kappa shape index (κ2) is 4.02. The van der Waals surface area contributed by atoms with E-state index >= 15 is 0 Å². The third-order valence-corrected chi connectivity index (χ3v) is 4.48. The highest BCUT2D eigenvalue weighted by Gasteiger charge is 2.66. The second-order valence-corrected chi connectivity index (χ2v) is 5.50. The van der Waals surface area contributed by atoms with Crippen molar-refractivity contribution in [2.24, 2.45) is 17.3 Å². The molecule has 4 atom stereocenters. The second-order valence-electron chi connectivity index (χ2n) is 5.50. The number of rotatable bonds is 2. The Bertz CT molecular complexity index is 322. The summed E-state index contributed by atoms with van der Waals surface area (Å²) in [5, 5.41) is 8.98. The van der Waals surface area contributed by atoms with Crippen molar-refractivity contribution in [3.8, 4) is 0 Å². The average molecular weight is 276 g/mol. The lowest BCUT2D eigenvalue weighted by Crippen LogP contribution is -2.47. The molecule has 7 heteroatoms. The summed E-state index contributed by atoms with van der Waals surface area (Å²) in [6.45, 7) is 0. The lowest BCUT2D eigenvalue weighted by molar-refractivity contribution is -0.274. The standard InChI is InChI=1S/C11H14F6O/c12-10(13,14)8(18)5-9(11(15,16)17)4-6-1-2-7(9)3-6/h6-8,18H,1-5H2. The minimum absolute atomic E-state index is 0.142. The molecule has 2 aliphatic rings. The summed E-state index contributed by atoms with van der Waals surface area (Å²) >= 11 is 0. The van der Waals surface area contributed by atoms with E-state index in [4.69, 9.17) is 5.11 Å². The fraction of sp³-hybridized carbons (Fsp3) is 1.00. The number of hydrogen-bond acceptors (Lipinski definition) is 1. The van der Waals surface area contributed by atoms with Crippen LogP contribution in [0.2, 0.25) is 0 Å². The zero-order chi connectivity index (χ0) is 13.8. The Labute approximate surface area is 100 Å². The molecule has 0 radical (unpaired) electrons. The van der Waals surface area contributed by atoms with Gasteiger partial charge in [0, 0.05) is 0 Å². The number of halogens is 6. The maximum atomic E-state index is 13.1.